The summed E-state index contributed by atoms with van der Waals surface area (Å²) in [5, 5.41) is 5.49. The smallest absolute Gasteiger partial charge is 0.273 e. The molecule has 0 atom stereocenters. The zero-order chi connectivity index (χ0) is 23.4. The highest BCUT2D eigenvalue weighted by molar-refractivity contribution is 7.13. The molecule has 0 fully saturated rings. The van der Waals surface area contributed by atoms with E-state index in [4.69, 9.17) is 0 Å². The van der Waals surface area contributed by atoms with Crippen molar-refractivity contribution in [1.82, 2.24) is 20.6 Å². The van der Waals surface area contributed by atoms with E-state index in [1.165, 1.54) is 40.3 Å². The molecule has 4 aromatic rings. The van der Waals surface area contributed by atoms with Crippen molar-refractivity contribution in [3.63, 3.8) is 0 Å². The minimum absolute atomic E-state index is 0.104. The lowest BCUT2D eigenvalue weighted by Crippen LogP contribution is -2.42. The summed E-state index contributed by atoms with van der Waals surface area (Å²) in [6.45, 7) is 0. The molecule has 10 heteroatoms. The number of alkyl halides is 3. The van der Waals surface area contributed by atoms with Crippen molar-refractivity contribution >= 4 is 23.2 Å². The third-order valence-corrected chi connectivity index (χ3v) is 5.56. The van der Waals surface area contributed by atoms with Gasteiger partial charge in [0.1, 0.15) is 0 Å². The number of rotatable bonds is 5. The lowest BCUT2D eigenvalue weighted by molar-refractivity contribution is -0.141. The number of hydrogen-bond acceptors (Lipinski definition) is 4. The van der Waals surface area contributed by atoms with E-state index in [-0.39, 0.29) is 17.9 Å². The van der Waals surface area contributed by atoms with Crippen LogP contribution in [0.25, 0.3) is 16.3 Å². The van der Waals surface area contributed by atoms with Gasteiger partial charge < -0.3 is 0 Å². The Morgan fingerprint density at radius 2 is 1.67 bits per heavy atom. The lowest BCUT2D eigenvalue weighted by atomic mass is 10.1. The Bertz CT molecular complexity index is 1250. The number of hydrogen-bond donors (Lipinski definition) is 2. The number of aromatic nitrogens is 2. The Labute approximate surface area is 190 Å². The number of amides is 2. The topological polar surface area (TPSA) is 76.0 Å². The van der Waals surface area contributed by atoms with E-state index >= 15 is 0 Å². The summed E-state index contributed by atoms with van der Waals surface area (Å²) in [6.07, 6.45) is -4.48. The zero-order valence-electron chi connectivity index (χ0n) is 17.0. The minimum atomic E-state index is -4.59. The Morgan fingerprint density at radius 1 is 0.939 bits per heavy atom. The molecule has 0 spiro atoms. The third-order valence-electron chi connectivity index (χ3n) is 4.67. The van der Waals surface area contributed by atoms with Crippen molar-refractivity contribution in [2.24, 2.45) is 0 Å². The van der Waals surface area contributed by atoms with Gasteiger partial charge in [0.2, 0.25) is 5.91 Å². The summed E-state index contributed by atoms with van der Waals surface area (Å²) in [4.78, 5) is 25.0. The Morgan fingerprint density at radius 3 is 2.30 bits per heavy atom. The molecule has 168 valence electrons. The molecule has 33 heavy (non-hydrogen) atoms. The van der Waals surface area contributed by atoms with Gasteiger partial charge in [-0.15, -0.1) is 11.3 Å². The van der Waals surface area contributed by atoms with E-state index in [0.717, 1.165) is 11.6 Å². The molecule has 0 aliphatic heterocycles. The van der Waals surface area contributed by atoms with Crippen molar-refractivity contribution in [2.45, 2.75) is 12.6 Å². The van der Waals surface area contributed by atoms with Crippen molar-refractivity contribution in [3.05, 3.63) is 95.0 Å². The highest BCUT2D eigenvalue weighted by Gasteiger charge is 2.35. The van der Waals surface area contributed by atoms with Gasteiger partial charge in [0.05, 0.1) is 22.7 Å². The number of nitrogens with zero attached hydrogens (tertiary/aromatic N) is 2. The molecule has 0 unspecified atom stereocenters. The normalized spacial score (nSPS) is 11.2. The van der Waals surface area contributed by atoms with Crippen molar-refractivity contribution < 1.29 is 22.8 Å². The average Bonchev–Trinajstić information content (AvgIpc) is 3.48. The Kier molecular flexibility index (Phi) is 6.27. The highest BCUT2D eigenvalue weighted by atomic mass is 32.1. The molecule has 0 radical (unpaired) electrons. The van der Waals surface area contributed by atoms with Crippen LogP contribution < -0.4 is 10.9 Å². The van der Waals surface area contributed by atoms with Crippen LogP contribution in [0.2, 0.25) is 0 Å². The predicted octanol–water partition coefficient (Wildman–Crippen LogP) is 4.62. The number of thiophene rings is 1. The van der Waals surface area contributed by atoms with Crippen molar-refractivity contribution in [2.75, 3.05) is 0 Å². The van der Waals surface area contributed by atoms with Crippen LogP contribution in [0, 0.1) is 0 Å². The second-order valence-corrected chi connectivity index (χ2v) is 7.96. The molecule has 2 aromatic carbocycles. The summed E-state index contributed by atoms with van der Waals surface area (Å²) in [5.41, 5.74) is 5.34. The zero-order valence-corrected chi connectivity index (χ0v) is 17.8. The molecule has 0 saturated heterocycles. The molecule has 2 aromatic heterocycles. The molecule has 0 bridgehead atoms. The number of halogens is 3. The quantitative estimate of drug-likeness (QED) is 0.418. The molecule has 2 N–H and O–H groups in total. The first-order chi connectivity index (χ1) is 15.8. The van der Waals surface area contributed by atoms with E-state index in [1.807, 2.05) is 18.2 Å². The van der Waals surface area contributed by atoms with E-state index < -0.39 is 17.8 Å². The summed E-state index contributed by atoms with van der Waals surface area (Å²) in [5.74, 6) is -0.944. The maximum absolute atomic E-state index is 13.2. The van der Waals surface area contributed by atoms with Crippen LogP contribution in [0.15, 0.2) is 78.2 Å². The predicted molar refractivity (Wildman–Crippen MR) is 118 cm³/mol. The van der Waals surface area contributed by atoms with E-state index in [2.05, 4.69) is 16.0 Å². The van der Waals surface area contributed by atoms with Crippen LogP contribution in [0.1, 0.15) is 21.6 Å². The summed E-state index contributed by atoms with van der Waals surface area (Å²) >= 11 is 1.29. The van der Waals surface area contributed by atoms with Crippen LogP contribution in [-0.4, -0.2) is 21.6 Å². The fourth-order valence-corrected chi connectivity index (χ4v) is 3.82. The largest absolute Gasteiger partial charge is 0.435 e. The van der Waals surface area contributed by atoms with Crippen LogP contribution in [0.3, 0.4) is 0 Å². The molecular weight excluding hydrogens is 453 g/mol. The standard InChI is InChI=1S/C23H17F3N4O2S/c24-23(25,26)20-14-18(19-7-4-12-33-19)30(29-20)17-10-8-16(9-11-17)22(32)28-27-21(31)13-15-5-2-1-3-6-15/h1-12,14H,13H2,(H,27,31)(H,28,32). The second kappa shape index (κ2) is 9.29. The van der Waals surface area contributed by atoms with E-state index in [9.17, 15) is 22.8 Å². The first-order valence-corrected chi connectivity index (χ1v) is 10.6. The summed E-state index contributed by atoms with van der Waals surface area (Å²) < 4.78 is 40.9. The first kappa shape index (κ1) is 22.3. The fraction of sp³-hybridized carbons (Fsp3) is 0.0870. The molecule has 2 amide bonds. The summed E-state index contributed by atoms with van der Waals surface area (Å²) in [6, 6.07) is 19.4. The van der Waals surface area contributed by atoms with E-state index in [0.29, 0.717) is 16.3 Å². The SMILES string of the molecule is O=C(Cc1ccccc1)NNC(=O)c1ccc(-n2nc(C(F)(F)F)cc2-c2cccs2)cc1. The number of hydrazine groups is 1. The van der Waals surface area contributed by atoms with Gasteiger partial charge in [0, 0.05) is 5.56 Å². The molecule has 2 heterocycles. The lowest BCUT2D eigenvalue weighted by Gasteiger charge is -2.09. The molecular formula is C23H17F3N4O2S. The van der Waals surface area contributed by atoms with Gasteiger partial charge in [0.25, 0.3) is 5.91 Å². The Balaban J connectivity index is 1.47. The number of carbonyl (C=O) groups excluding carboxylic acids is 2. The van der Waals surface area contributed by atoms with Gasteiger partial charge in [-0.2, -0.15) is 18.3 Å². The minimum Gasteiger partial charge on any atom is -0.273 e. The van der Waals surface area contributed by atoms with Crippen LogP contribution >= 0.6 is 11.3 Å². The molecule has 6 nitrogen and oxygen atoms in total. The molecule has 0 aliphatic rings. The van der Waals surface area contributed by atoms with Gasteiger partial charge >= 0.3 is 6.18 Å². The second-order valence-electron chi connectivity index (χ2n) is 7.01. The van der Waals surface area contributed by atoms with Crippen LogP contribution in [0.5, 0.6) is 0 Å². The van der Waals surface area contributed by atoms with Gasteiger partial charge in [-0.3, -0.25) is 20.4 Å². The maximum atomic E-state index is 13.2. The van der Waals surface area contributed by atoms with Gasteiger partial charge in [-0.25, -0.2) is 4.68 Å². The third kappa shape index (κ3) is 5.29. The van der Waals surface area contributed by atoms with Crippen molar-refractivity contribution in [3.8, 4) is 16.3 Å². The number of nitrogens with one attached hydrogen (secondary N) is 2. The molecule has 4 rings (SSSR count). The fourth-order valence-electron chi connectivity index (χ4n) is 3.09. The average molecular weight is 470 g/mol. The maximum Gasteiger partial charge on any atom is 0.435 e. The van der Waals surface area contributed by atoms with E-state index in [1.54, 1.807) is 29.6 Å². The number of carbonyl (C=O) groups is 2. The van der Waals surface area contributed by atoms with Gasteiger partial charge in [0.15, 0.2) is 5.69 Å². The van der Waals surface area contributed by atoms with Crippen LogP contribution in [0.4, 0.5) is 13.2 Å². The summed E-state index contributed by atoms with van der Waals surface area (Å²) in [7, 11) is 0. The number of benzene rings is 2. The van der Waals surface area contributed by atoms with Gasteiger partial charge in [-0.1, -0.05) is 36.4 Å². The highest BCUT2D eigenvalue weighted by Crippen LogP contribution is 2.34. The Hall–Kier alpha value is -3.92. The van der Waals surface area contributed by atoms with Gasteiger partial charge in [-0.05, 0) is 47.3 Å². The molecule has 0 aliphatic carbocycles. The molecule has 0 saturated carbocycles. The first-order valence-electron chi connectivity index (χ1n) is 9.76. The van der Waals surface area contributed by atoms with Crippen LogP contribution in [-0.2, 0) is 17.4 Å². The monoisotopic (exact) mass is 470 g/mol. The van der Waals surface area contributed by atoms with Crippen molar-refractivity contribution in [1.29, 1.82) is 0 Å².